The van der Waals surface area contributed by atoms with E-state index in [2.05, 4.69) is 167 Å². The molecule has 0 aromatic heterocycles. The Morgan fingerprint density at radius 1 is 0.271 bits per heavy atom. The van der Waals surface area contributed by atoms with E-state index >= 15 is 0 Å². The van der Waals surface area contributed by atoms with Crippen LogP contribution in [0.3, 0.4) is 0 Å². The molecule has 0 aromatic rings. The van der Waals surface area contributed by atoms with E-state index in [0.29, 0.717) is 19.3 Å². The third kappa shape index (κ3) is 82.2. The summed E-state index contributed by atoms with van der Waals surface area (Å²) in [5.41, 5.74) is 0. The van der Waals surface area contributed by atoms with Gasteiger partial charge >= 0.3 is 33.6 Å². The molecule has 0 heterocycles. The van der Waals surface area contributed by atoms with Gasteiger partial charge in [-0.15, -0.1) is 0 Å². The summed E-state index contributed by atoms with van der Waals surface area (Å²) in [7, 11) is -9.79. The zero-order chi connectivity index (χ0) is 78.0. The largest absolute Gasteiger partial charge is 0.472 e. The smallest absolute Gasteiger partial charge is 0.463 e. The fourth-order valence-corrected chi connectivity index (χ4v) is 12.8. The van der Waals surface area contributed by atoms with Gasteiger partial charge in [0.25, 0.3) is 0 Å². The molecule has 0 aromatic carbocycles. The highest BCUT2D eigenvalue weighted by Gasteiger charge is 2.29. The number of allylic oxidation sites excluding steroid dienone is 24. The van der Waals surface area contributed by atoms with Crippen LogP contribution in [-0.4, -0.2) is 95.9 Å². The summed E-state index contributed by atoms with van der Waals surface area (Å²) in [5, 5.41) is 20.6. The number of phosphoric ester groups is 2. The molecule has 0 amide bonds. The quantitative estimate of drug-likeness (QED) is 0.0146. The number of aliphatic hydroxyl groups excluding tert-OH is 2. The number of unbranched alkanes of at least 4 members (excludes halogenated alkanes) is 32. The number of ether oxygens (including phenoxy) is 3. The summed E-state index contributed by atoms with van der Waals surface area (Å²) in [6.07, 6.45) is 101. The van der Waals surface area contributed by atoms with E-state index in [4.69, 9.17) is 32.3 Å². The van der Waals surface area contributed by atoms with Crippen molar-refractivity contribution >= 4 is 33.6 Å². The second kappa shape index (κ2) is 80.9. The van der Waals surface area contributed by atoms with E-state index in [1.54, 1.807) is 0 Å². The maximum absolute atomic E-state index is 12.9. The van der Waals surface area contributed by atoms with E-state index in [1.807, 2.05) is 0 Å². The van der Waals surface area contributed by atoms with E-state index in [1.165, 1.54) is 116 Å². The monoisotopic (exact) mass is 1540 g/mol. The number of hydrogen-bond donors (Lipinski definition) is 4. The van der Waals surface area contributed by atoms with Gasteiger partial charge in [0.1, 0.15) is 25.4 Å². The molecule has 0 saturated heterocycles. The Morgan fingerprint density at radius 3 is 0.794 bits per heavy atom. The molecule has 0 saturated carbocycles. The number of hydrogen-bond acceptors (Lipinski definition) is 14. The average molecular weight is 1540 g/mol. The molecule has 18 heteroatoms. The van der Waals surface area contributed by atoms with Crippen LogP contribution in [0, 0.1) is 0 Å². The standard InChI is InChI=1S/C89H152O16P2/c1-4-7-10-13-16-19-22-24-26-28-30-32-34-36-38-40-41-43-45-46-48-50-52-54-56-58-61-63-66-69-72-75-87(92)99-78-84(90)79-101-106(95,96)102-80-85(91)81-103-107(97,98)104-83-86(105-89(94)77-74-71-68-65-60-21-18-15-12-9-6-3)82-100-88(93)76-73-70-67-64-62-59-57-55-53-51-49-47-44-42-39-37-35-33-31-29-27-25-23-20-17-14-11-8-5-2/h7-8,10-11,15-20,24-27,30-33,36-39,41,43,84-86,90-91H,4-6,9,12-14,21-23,28-29,34-35,40,42,44-83H2,1-3H3,(H,95,96)(H,97,98)/b10-7-,11-8-,18-15-,19-16-,20-17-,26-24-,27-25-,32-30-,33-31-,38-36-,39-37-,43-41-. The lowest BCUT2D eigenvalue weighted by Crippen LogP contribution is -2.30. The Kier molecular flexibility index (Phi) is 77.5. The highest BCUT2D eigenvalue weighted by molar-refractivity contribution is 7.47. The molecule has 5 unspecified atom stereocenters. The van der Waals surface area contributed by atoms with Crippen molar-refractivity contribution in [1.29, 1.82) is 0 Å². The summed E-state index contributed by atoms with van der Waals surface area (Å²) in [6.45, 7) is 2.42. The Morgan fingerprint density at radius 2 is 0.495 bits per heavy atom. The number of rotatable bonds is 79. The SMILES string of the molecule is CC/C=C\C/C=C\C/C=C\C/C=C\C/C=C\C/C=C\CCCCCCCCCCCCCCC(=O)OCC(O)COP(=O)(O)OCC(O)COP(=O)(O)OCC(COC(=O)CCCCCCCCCCCCCCC/C=C\C/C=C\C/C=C\C/C=C\C/C=C\CC)OC(=O)CCCCCCC/C=C\CCCC. The minimum atomic E-state index is -4.93. The Hall–Kier alpha value is -4.57. The van der Waals surface area contributed by atoms with Crippen LogP contribution in [-0.2, 0) is 55.8 Å². The van der Waals surface area contributed by atoms with Gasteiger partial charge < -0.3 is 34.2 Å². The summed E-state index contributed by atoms with van der Waals surface area (Å²) < 4.78 is 61.2. The molecule has 5 atom stereocenters. The molecule has 0 aliphatic heterocycles. The van der Waals surface area contributed by atoms with Crippen LogP contribution < -0.4 is 0 Å². The van der Waals surface area contributed by atoms with Crippen molar-refractivity contribution in [1.82, 2.24) is 0 Å². The van der Waals surface area contributed by atoms with Gasteiger partial charge in [-0.3, -0.25) is 32.5 Å². The predicted octanol–water partition coefficient (Wildman–Crippen LogP) is 25.2. The van der Waals surface area contributed by atoms with Crippen molar-refractivity contribution in [2.45, 2.75) is 360 Å². The van der Waals surface area contributed by atoms with Crippen molar-refractivity contribution in [3.05, 3.63) is 146 Å². The highest BCUT2D eigenvalue weighted by Crippen LogP contribution is 2.45. The van der Waals surface area contributed by atoms with Crippen LogP contribution in [0.4, 0.5) is 0 Å². The lowest BCUT2D eigenvalue weighted by molar-refractivity contribution is -0.161. The third-order valence-corrected chi connectivity index (χ3v) is 19.4. The number of carbonyl (C=O) groups is 3. The fourth-order valence-electron chi connectivity index (χ4n) is 11.2. The minimum Gasteiger partial charge on any atom is -0.463 e. The first-order chi connectivity index (χ1) is 52.2. The fraction of sp³-hybridized carbons (Fsp3) is 0.697. The maximum atomic E-state index is 12.9. The second-order valence-corrected chi connectivity index (χ2v) is 30.8. The topological polar surface area (TPSA) is 231 Å². The van der Waals surface area contributed by atoms with Crippen LogP contribution in [0.1, 0.15) is 342 Å². The van der Waals surface area contributed by atoms with Gasteiger partial charge in [-0.2, -0.15) is 0 Å². The molecule has 0 rings (SSSR count). The van der Waals surface area contributed by atoms with Gasteiger partial charge in [0.2, 0.25) is 0 Å². The first-order valence-corrected chi connectivity index (χ1v) is 45.1. The molecular formula is C89H152O16P2. The number of esters is 3. The van der Waals surface area contributed by atoms with Gasteiger partial charge in [-0.05, 0) is 135 Å². The van der Waals surface area contributed by atoms with Crippen LogP contribution in [0.5, 0.6) is 0 Å². The van der Waals surface area contributed by atoms with E-state index in [-0.39, 0.29) is 19.3 Å². The molecule has 0 spiro atoms. The van der Waals surface area contributed by atoms with Crippen LogP contribution in [0.2, 0.25) is 0 Å². The summed E-state index contributed by atoms with van der Waals surface area (Å²) in [5.74, 6) is -1.58. The maximum Gasteiger partial charge on any atom is 0.472 e. The normalized spacial score (nSPS) is 14.6. The zero-order valence-electron chi connectivity index (χ0n) is 67.3. The van der Waals surface area contributed by atoms with Crippen LogP contribution in [0.25, 0.3) is 0 Å². The predicted molar refractivity (Wildman–Crippen MR) is 445 cm³/mol. The Bertz CT molecular complexity index is 2530. The Labute approximate surface area is 651 Å². The first-order valence-electron chi connectivity index (χ1n) is 42.1. The molecular weight excluding hydrogens is 1390 g/mol. The zero-order valence-corrected chi connectivity index (χ0v) is 69.1. The summed E-state index contributed by atoms with van der Waals surface area (Å²) in [6, 6.07) is 0. The lowest BCUT2D eigenvalue weighted by atomic mass is 10.0. The molecule has 4 N–H and O–H groups in total. The molecule has 16 nitrogen and oxygen atoms in total. The van der Waals surface area contributed by atoms with Crippen molar-refractivity contribution in [3.63, 3.8) is 0 Å². The van der Waals surface area contributed by atoms with Gasteiger partial charge in [-0.1, -0.05) is 334 Å². The number of aliphatic hydroxyl groups is 2. The van der Waals surface area contributed by atoms with Crippen LogP contribution >= 0.6 is 15.6 Å². The van der Waals surface area contributed by atoms with Gasteiger partial charge in [-0.25, -0.2) is 9.13 Å². The first kappa shape index (κ1) is 102. The summed E-state index contributed by atoms with van der Waals surface area (Å²) in [4.78, 5) is 58.7. The second-order valence-electron chi connectivity index (χ2n) is 27.9. The molecule has 107 heavy (non-hydrogen) atoms. The molecule has 0 fully saturated rings. The molecule has 614 valence electrons. The van der Waals surface area contributed by atoms with E-state index in [0.717, 1.165) is 167 Å². The van der Waals surface area contributed by atoms with E-state index < -0.39 is 91.5 Å². The molecule has 0 radical (unpaired) electrons. The van der Waals surface area contributed by atoms with Gasteiger partial charge in [0, 0.05) is 19.3 Å². The lowest BCUT2D eigenvalue weighted by Gasteiger charge is -2.21. The van der Waals surface area contributed by atoms with Gasteiger partial charge in [0.05, 0.1) is 26.4 Å². The average Bonchev–Trinajstić information content (AvgIpc) is 0.910. The minimum absolute atomic E-state index is 0.0926. The third-order valence-electron chi connectivity index (χ3n) is 17.5. The van der Waals surface area contributed by atoms with Gasteiger partial charge in [0.15, 0.2) is 6.10 Å². The van der Waals surface area contributed by atoms with Crippen molar-refractivity contribution < 1.29 is 75.8 Å². The molecule has 0 aliphatic rings. The number of phosphoric acid groups is 2. The molecule has 0 bridgehead atoms. The van der Waals surface area contributed by atoms with Crippen molar-refractivity contribution in [2.24, 2.45) is 0 Å². The summed E-state index contributed by atoms with van der Waals surface area (Å²) >= 11 is 0. The molecule has 0 aliphatic carbocycles. The number of carbonyl (C=O) groups excluding carboxylic acids is 3. The van der Waals surface area contributed by atoms with E-state index in [9.17, 15) is 43.5 Å². The highest BCUT2D eigenvalue weighted by atomic mass is 31.2. The Balaban J connectivity index is 4.41. The van der Waals surface area contributed by atoms with Crippen LogP contribution in [0.15, 0.2) is 146 Å². The van der Waals surface area contributed by atoms with Crippen molar-refractivity contribution in [2.75, 3.05) is 39.6 Å². The van der Waals surface area contributed by atoms with Crippen molar-refractivity contribution in [3.8, 4) is 0 Å².